The van der Waals surface area contributed by atoms with E-state index in [1.54, 1.807) is 6.92 Å². The number of imidazole rings is 1. The van der Waals surface area contributed by atoms with Gasteiger partial charge in [-0.15, -0.1) is 0 Å². The lowest BCUT2D eigenvalue weighted by Crippen LogP contribution is -2.36. The van der Waals surface area contributed by atoms with E-state index in [1.165, 1.54) is 0 Å². The number of rotatable bonds is 2. The summed E-state index contributed by atoms with van der Waals surface area (Å²) in [5.41, 5.74) is 3.20. The Hall–Kier alpha value is -2.23. The Morgan fingerprint density at radius 1 is 1.14 bits per heavy atom. The molecule has 114 valence electrons. The smallest absolute Gasteiger partial charge is 0.303 e. The van der Waals surface area contributed by atoms with Gasteiger partial charge in [0.1, 0.15) is 0 Å². The topological polar surface area (TPSA) is 52.1 Å². The molecule has 1 heterocycles. The number of hydrogen-bond donors (Lipinski definition) is 1. The Bertz CT molecular complexity index is 758. The highest BCUT2D eigenvalue weighted by molar-refractivity contribution is 5.61. The summed E-state index contributed by atoms with van der Waals surface area (Å²) in [5.74, 6) is 1.56. The van der Waals surface area contributed by atoms with Gasteiger partial charge in [-0.2, -0.15) is 0 Å². The molecule has 0 amide bonds. The van der Waals surface area contributed by atoms with Gasteiger partial charge in [0.15, 0.2) is 5.69 Å². The molecule has 2 aliphatic rings. The van der Waals surface area contributed by atoms with Crippen molar-refractivity contribution in [2.24, 2.45) is 11.8 Å². The summed E-state index contributed by atoms with van der Waals surface area (Å²) in [5, 5.41) is 23.3. The second kappa shape index (κ2) is 4.63. The average molecular weight is 296 g/mol. The predicted molar refractivity (Wildman–Crippen MR) is 83.6 cm³/mol. The number of aryl methyl sites for hydroxylation is 1. The average Bonchev–Trinajstić information content (AvgIpc) is 3.17. The lowest BCUT2D eigenvalue weighted by atomic mass is 9.93. The van der Waals surface area contributed by atoms with Gasteiger partial charge in [0.2, 0.25) is 5.69 Å². The van der Waals surface area contributed by atoms with E-state index in [4.69, 9.17) is 0 Å². The van der Waals surface area contributed by atoms with Crippen molar-refractivity contribution in [1.82, 2.24) is 4.73 Å². The summed E-state index contributed by atoms with van der Waals surface area (Å²) >= 11 is 0. The van der Waals surface area contributed by atoms with E-state index >= 15 is 0 Å². The molecule has 2 bridgehead atoms. The zero-order valence-corrected chi connectivity index (χ0v) is 12.9. The van der Waals surface area contributed by atoms with Crippen LogP contribution in [0.4, 0.5) is 0 Å². The number of fused-ring (bicyclic) bond motifs is 2. The van der Waals surface area contributed by atoms with E-state index in [2.05, 4.69) is 12.2 Å². The molecule has 1 aromatic heterocycles. The third-order valence-corrected chi connectivity index (χ3v) is 5.22. The quantitative estimate of drug-likeness (QED) is 0.400. The normalized spacial score (nSPS) is 26.0. The number of aromatic nitrogens is 2. The SMILES string of the molecule is Cc1ccc(-c2c(C)[n+]([O-])c([C@H]3C[C@H]4C=C[C@H]3C4)n2O)cc1. The van der Waals surface area contributed by atoms with Crippen molar-refractivity contribution in [2.45, 2.75) is 32.6 Å². The number of hydrogen-bond acceptors (Lipinski definition) is 2. The first kappa shape index (κ1) is 13.4. The van der Waals surface area contributed by atoms with Gasteiger partial charge in [0.05, 0.1) is 5.92 Å². The van der Waals surface area contributed by atoms with Gasteiger partial charge in [0, 0.05) is 12.5 Å². The molecule has 0 aliphatic heterocycles. The molecule has 0 saturated heterocycles. The van der Waals surface area contributed by atoms with Crippen molar-refractivity contribution in [3.63, 3.8) is 0 Å². The molecule has 0 spiro atoms. The molecule has 1 saturated carbocycles. The van der Waals surface area contributed by atoms with Crippen LogP contribution in [0.5, 0.6) is 0 Å². The summed E-state index contributed by atoms with van der Waals surface area (Å²) in [6.45, 7) is 3.80. The van der Waals surface area contributed by atoms with Crippen LogP contribution in [-0.4, -0.2) is 9.94 Å². The summed E-state index contributed by atoms with van der Waals surface area (Å²) in [4.78, 5) is 0. The van der Waals surface area contributed by atoms with E-state index < -0.39 is 0 Å². The van der Waals surface area contributed by atoms with Crippen LogP contribution in [0.3, 0.4) is 0 Å². The second-order valence-corrected chi connectivity index (χ2v) is 6.65. The monoisotopic (exact) mass is 296 g/mol. The van der Waals surface area contributed by atoms with Crippen molar-refractivity contribution in [3.8, 4) is 11.3 Å². The first-order chi connectivity index (χ1) is 10.6. The van der Waals surface area contributed by atoms with Gasteiger partial charge in [-0.1, -0.05) is 42.0 Å². The first-order valence-electron chi connectivity index (χ1n) is 7.85. The predicted octanol–water partition coefficient (Wildman–Crippen LogP) is 3.32. The van der Waals surface area contributed by atoms with Crippen LogP contribution in [0, 0.1) is 30.9 Å². The third kappa shape index (κ3) is 1.79. The molecule has 3 atom stereocenters. The minimum absolute atomic E-state index is 0.121. The van der Waals surface area contributed by atoms with Crippen LogP contribution in [0.2, 0.25) is 0 Å². The Kier molecular flexibility index (Phi) is 2.83. The van der Waals surface area contributed by atoms with Crippen LogP contribution >= 0.6 is 0 Å². The maximum atomic E-state index is 12.6. The summed E-state index contributed by atoms with van der Waals surface area (Å²) in [6.07, 6.45) is 6.51. The Morgan fingerprint density at radius 3 is 2.45 bits per heavy atom. The molecule has 2 aliphatic carbocycles. The standard InChI is InChI=1S/C18H20N2O2/c1-11-3-6-14(7-4-11)17-12(2)19(21)18(20(17)22)16-10-13-5-8-15(16)9-13/h3-8,13,15-16,22H,9-10H2,1-2H3/t13-,15-,16-/m0/s1. The fraction of sp³-hybridized carbons (Fsp3) is 0.389. The molecular weight excluding hydrogens is 276 g/mol. The van der Waals surface area contributed by atoms with E-state index in [-0.39, 0.29) is 5.92 Å². The molecule has 1 N–H and O–H groups in total. The summed E-state index contributed by atoms with van der Waals surface area (Å²) < 4.78 is 2.06. The second-order valence-electron chi connectivity index (χ2n) is 6.65. The molecule has 22 heavy (non-hydrogen) atoms. The largest absolute Gasteiger partial charge is 0.710 e. The maximum absolute atomic E-state index is 12.6. The zero-order valence-electron chi connectivity index (χ0n) is 12.9. The molecule has 2 aromatic rings. The van der Waals surface area contributed by atoms with Gasteiger partial charge in [0.25, 0.3) is 0 Å². The highest BCUT2D eigenvalue weighted by Gasteiger charge is 2.44. The molecule has 0 unspecified atom stereocenters. The minimum Gasteiger partial charge on any atom is -0.710 e. The third-order valence-electron chi connectivity index (χ3n) is 5.22. The van der Waals surface area contributed by atoms with Crippen molar-refractivity contribution >= 4 is 0 Å². The van der Waals surface area contributed by atoms with Crippen LogP contribution in [0.1, 0.15) is 35.8 Å². The highest BCUT2D eigenvalue weighted by Crippen LogP contribution is 2.48. The van der Waals surface area contributed by atoms with Gasteiger partial charge in [-0.05, 0) is 36.3 Å². The van der Waals surface area contributed by atoms with Gasteiger partial charge in [-0.25, -0.2) is 4.73 Å². The zero-order chi connectivity index (χ0) is 15.4. The Labute approximate surface area is 129 Å². The lowest BCUT2D eigenvalue weighted by Gasteiger charge is -2.16. The van der Waals surface area contributed by atoms with Gasteiger partial charge in [-0.3, -0.25) is 0 Å². The van der Waals surface area contributed by atoms with Crippen LogP contribution < -0.4 is 4.73 Å². The van der Waals surface area contributed by atoms with E-state index in [0.717, 1.165) is 33.4 Å². The highest BCUT2D eigenvalue weighted by atomic mass is 16.5. The molecule has 0 radical (unpaired) electrons. The van der Waals surface area contributed by atoms with Crippen molar-refractivity contribution in [3.05, 3.63) is 58.7 Å². The van der Waals surface area contributed by atoms with E-state index in [0.29, 0.717) is 29.0 Å². The maximum Gasteiger partial charge on any atom is 0.303 e. The number of allylic oxidation sites excluding steroid dienone is 2. The number of nitrogens with zero attached hydrogens (tertiary/aromatic N) is 2. The van der Waals surface area contributed by atoms with Gasteiger partial charge < -0.3 is 10.4 Å². The fourth-order valence-corrected chi connectivity index (χ4v) is 4.05. The van der Waals surface area contributed by atoms with Crippen molar-refractivity contribution < 1.29 is 9.94 Å². The molecule has 4 rings (SSSR count). The molecule has 4 heteroatoms. The Morgan fingerprint density at radius 2 is 1.86 bits per heavy atom. The molecule has 1 aromatic carbocycles. The molecule has 4 nitrogen and oxygen atoms in total. The summed E-state index contributed by atoms with van der Waals surface area (Å²) in [6, 6.07) is 7.90. The summed E-state index contributed by atoms with van der Waals surface area (Å²) in [7, 11) is 0. The van der Waals surface area contributed by atoms with Crippen LogP contribution in [-0.2, 0) is 0 Å². The first-order valence-corrected chi connectivity index (χ1v) is 7.85. The minimum atomic E-state index is 0.121. The molecular formula is C18H20N2O2. The molecule has 1 fully saturated rings. The van der Waals surface area contributed by atoms with Crippen molar-refractivity contribution in [2.75, 3.05) is 0 Å². The Balaban J connectivity index is 1.83. The fourth-order valence-electron chi connectivity index (χ4n) is 4.05. The van der Waals surface area contributed by atoms with E-state index in [1.807, 2.05) is 31.2 Å². The van der Waals surface area contributed by atoms with E-state index in [9.17, 15) is 10.4 Å². The number of benzene rings is 1. The lowest BCUT2D eigenvalue weighted by molar-refractivity contribution is -0.623. The van der Waals surface area contributed by atoms with Crippen LogP contribution in [0.15, 0.2) is 36.4 Å². The van der Waals surface area contributed by atoms with Crippen molar-refractivity contribution in [1.29, 1.82) is 0 Å². The van der Waals surface area contributed by atoms with Crippen LogP contribution in [0.25, 0.3) is 11.3 Å². The van der Waals surface area contributed by atoms with Gasteiger partial charge >= 0.3 is 5.82 Å².